The third kappa shape index (κ3) is 21.3. The smallest absolute Gasteiger partial charge is 0.394 e. The normalized spacial score (nSPS) is 16.7. The van der Waals surface area contributed by atoms with E-state index in [9.17, 15) is 53.0 Å². The van der Waals surface area contributed by atoms with Crippen molar-refractivity contribution in [3.8, 4) is 0 Å². The lowest BCUT2D eigenvalue weighted by Gasteiger charge is -2.28. The van der Waals surface area contributed by atoms with Crippen LogP contribution in [-0.4, -0.2) is 153 Å². The second-order valence-electron chi connectivity index (χ2n) is 16.6. The Morgan fingerprint density at radius 1 is 1.00 bits per heavy atom. The summed E-state index contributed by atoms with van der Waals surface area (Å²) in [6.45, 7) is 9.55. The first kappa shape index (κ1) is 58.1. The number of hydrogen-bond donors (Lipinski definition) is 9. The number of likely N-dealkylation sites (tertiary alicyclic amines) is 1. The summed E-state index contributed by atoms with van der Waals surface area (Å²) >= 11 is 3.98. The number of allylic oxidation sites excluding steroid dienone is 1. The molecule has 2 rings (SSSR count). The van der Waals surface area contributed by atoms with E-state index < -0.39 is 98.7 Å². The van der Waals surface area contributed by atoms with E-state index in [4.69, 9.17) is 20.9 Å². The average Bonchev–Trinajstić information content (AvgIpc) is 3.93. The summed E-state index contributed by atoms with van der Waals surface area (Å²) in [5.74, 6) is -7.02. The summed E-state index contributed by atoms with van der Waals surface area (Å²) < 4.78 is 28.8. The molecule has 5 amide bonds. The predicted octanol–water partition coefficient (Wildman–Crippen LogP) is -0.289. The van der Waals surface area contributed by atoms with Gasteiger partial charge in [0, 0.05) is 56.5 Å². The zero-order valence-corrected chi connectivity index (χ0v) is 40.0. The van der Waals surface area contributed by atoms with Crippen LogP contribution in [0.1, 0.15) is 84.3 Å². The van der Waals surface area contributed by atoms with Gasteiger partial charge in [0.1, 0.15) is 12.1 Å². The Morgan fingerprint density at radius 2 is 1.68 bits per heavy atom. The number of nitrogens with two attached hydrogens (primary N) is 2. The Labute approximate surface area is 391 Å². The molecule has 22 nitrogen and oxygen atoms in total. The number of aryl methyl sites for hydroxylation is 1. The number of aliphatic hydroxyl groups is 1. The molecule has 0 bridgehead atoms. The number of aliphatic hydroxyl groups excluding tert-OH is 1. The molecule has 2 heterocycles. The second-order valence-corrected chi connectivity index (χ2v) is 18.2. The number of ketones is 2. The highest BCUT2D eigenvalue weighted by Crippen LogP contribution is 2.39. The van der Waals surface area contributed by atoms with Crippen molar-refractivity contribution in [2.24, 2.45) is 29.2 Å². The highest BCUT2D eigenvalue weighted by atomic mass is 32.1. The molecule has 0 aliphatic carbocycles. The molecule has 7 atom stereocenters. The van der Waals surface area contributed by atoms with Crippen molar-refractivity contribution in [3.63, 3.8) is 0 Å². The lowest BCUT2D eigenvalue weighted by molar-refractivity contribution is -0.140. The van der Waals surface area contributed by atoms with E-state index in [2.05, 4.69) is 44.7 Å². The Bertz CT molecular complexity index is 1800. The van der Waals surface area contributed by atoms with Gasteiger partial charge in [-0.1, -0.05) is 19.9 Å². The SMILES string of the molecule is C=CCCCCn1cncc1C[C@H](CC(=O)[C@H](CC(C)C)NC(=O)[C@@H]1CCCN1C(=O)CCOCCOCCNC(=O)[C@@H](N)CS)C(=O)N[C@@H](CO)C(=O)C[C@H](C(N)=O)C(C)OP(=O)(O)O. The highest BCUT2D eigenvalue weighted by molar-refractivity contribution is 7.80. The number of primary amides is 1. The maximum atomic E-state index is 14.3. The van der Waals surface area contributed by atoms with Gasteiger partial charge in [-0.25, -0.2) is 9.55 Å². The second kappa shape index (κ2) is 30.3. The maximum absolute atomic E-state index is 14.3. The number of phosphoric acid groups is 1. The maximum Gasteiger partial charge on any atom is 0.469 e. The number of aromatic nitrogens is 2. The van der Waals surface area contributed by atoms with Crippen LogP contribution < -0.4 is 27.4 Å². The third-order valence-electron chi connectivity index (χ3n) is 10.9. The molecule has 0 aromatic carbocycles. The lowest BCUT2D eigenvalue weighted by atomic mass is 9.89. The number of nitrogens with zero attached hydrogens (tertiary/aromatic N) is 3. The monoisotopic (exact) mass is 974 g/mol. The molecule has 1 saturated heterocycles. The van der Waals surface area contributed by atoms with Crippen LogP contribution in [0.5, 0.6) is 0 Å². The fourth-order valence-corrected chi connectivity index (χ4v) is 8.03. The zero-order chi connectivity index (χ0) is 49.4. The van der Waals surface area contributed by atoms with Gasteiger partial charge in [0.2, 0.25) is 29.5 Å². The number of thiol groups is 1. The molecule has 1 aromatic heterocycles. The van der Waals surface area contributed by atoms with E-state index in [1.165, 1.54) is 4.90 Å². The number of ether oxygens (including phenoxy) is 2. The van der Waals surface area contributed by atoms with Gasteiger partial charge in [0.25, 0.3) is 0 Å². The number of Topliss-reactive ketones (excluding diaryl/α,β-unsaturated/α-hetero) is 2. The van der Waals surface area contributed by atoms with Gasteiger partial charge in [-0.15, -0.1) is 6.58 Å². The average molecular weight is 975 g/mol. The Hall–Kier alpha value is -4.06. The van der Waals surface area contributed by atoms with Crippen LogP contribution in [0.4, 0.5) is 0 Å². The minimum Gasteiger partial charge on any atom is -0.394 e. The Kier molecular flexibility index (Phi) is 26.7. The van der Waals surface area contributed by atoms with Crippen LogP contribution in [-0.2, 0) is 65.1 Å². The fraction of sp³-hybridized carbons (Fsp3) is 0.714. The number of rotatable bonds is 35. The molecule has 10 N–H and O–H groups in total. The molecule has 24 heteroatoms. The summed E-state index contributed by atoms with van der Waals surface area (Å²) in [7, 11) is -5.08. The van der Waals surface area contributed by atoms with E-state index in [1.807, 2.05) is 18.4 Å². The molecule has 1 aliphatic rings. The van der Waals surface area contributed by atoms with Crippen molar-refractivity contribution in [3.05, 3.63) is 30.9 Å². The van der Waals surface area contributed by atoms with E-state index in [0.717, 1.165) is 26.2 Å². The summed E-state index contributed by atoms with van der Waals surface area (Å²) in [5.41, 5.74) is 11.6. The molecular weight excluding hydrogens is 904 g/mol. The molecule has 0 radical (unpaired) electrons. The van der Waals surface area contributed by atoms with Gasteiger partial charge in [-0.05, 0) is 51.4 Å². The van der Waals surface area contributed by atoms with Crippen LogP contribution in [0.3, 0.4) is 0 Å². The summed E-state index contributed by atoms with van der Waals surface area (Å²) in [4.78, 5) is 117. The van der Waals surface area contributed by atoms with Crippen molar-refractivity contribution in [2.45, 2.75) is 122 Å². The molecule has 1 aromatic rings. The van der Waals surface area contributed by atoms with Gasteiger partial charge in [-0.2, -0.15) is 12.6 Å². The number of carbonyl (C=O) groups excluding carboxylic acids is 7. The zero-order valence-electron chi connectivity index (χ0n) is 38.2. The van der Waals surface area contributed by atoms with Crippen LogP contribution >= 0.6 is 20.5 Å². The first-order valence-electron chi connectivity index (χ1n) is 22.2. The van der Waals surface area contributed by atoms with Crippen molar-refractivity contribution in [1.82, 2.24) is 30.4 Å². The first-order valence-corrected chi connectivity index (χ1v) is 24.4. The number of phosphoric ester groups is 1. The molecule has 0 saturated carbocycles. The quantitative estimate of drug-likeness (QED) is 0.0183. The number of unbranched alkanes of at least 4 members (excludes halogenated alkanes) is 2. The number of imidazole rings is 1. The largest absolute Gasteiger partial charge is 0.469 e. The summed E-state index contributed by atoms with van der Waals surface area (Å²) in [6, 6.07) is -4.22. The summed E-state index contributed by atoms with van der Waals surface area (Å²) in [6.07, 6.45) is 5.77. The van der Waals surface area contributed by atoms with Crippen molar-refractivity contribution in [1.29, 1.82) is 0 Å². The molecule has 1 aliphatic heterocycles. The molecule has 0 spiro atoms. The van der Waals surface area contributed by atoms with E-state index in [-0.39, 0.29) is 75.7 Å². The Balaban J connectivity index is 2.19. The predicted molar refractivity (Wildman–Crippen MR) is 244 cm³/mol. The van der Waals surface area contributed by atoms with E-state index in [0.29, 0.717) is 31.6 Å². The molecule has 1 fully saturated rings. The van der Waals surface area contributed by atoms with E-state index >= 15 is 0 Å². The van der Waals surface area contributed by atoms with Gasteiger partial charge in [0.15, 0.2) is 11.6 Å². The van der Waals surface area contributed by atoms with Gasteiger partial charge in [-0.3, -0.25) is 38.1 Å². The van der Waals surface area contributed by atoms with Crippen LogP contribution in [0, 0.1) is 17.8 Å². The Morgan fingerprint density at radius 3 is 2.30 bits per heavy atom. The van der Waals surface area contributed by atoms with Crippen LogP contribution in [0.2, 0.25) is 0 Å². The van der Waals surface area contributed by atoms with Crippen molar-refractivity contribution >= 4 is 61.6 Å². The van der Waals surface area contributed by atoms with Gasteiger partial charge < -0.3 is 61.3 Å². The highest BCUT2D eigenvalue weighted by Gasteiger charge is 2.38. The number of carbonyl (C=O) groups is 7. The first-order chi connectivity index (χ1) is 31.2. The molecule has 66 heavy (non-hydrogen) atoms. The van der Waals surface area contributed by atoms with Crippen LogP contribution in [0.25, 0.3) is 0 Å². The lowest BCUT2D eigenvalue weighted by Crippen LogP contribution is -2.52. The van der Waals surface area contributed by atoms with Gasteiger partial charge >= 0.3 is 7.82 Å². The van der Waals surface area contributed by atoms with Gasteiger partial charge in [0.05, 0.1) is 75.8 Å². The molecular formula is C42H71N8O14PS. The minimum atomic E-state index is -5.08. The molecule has 374 valence electrons. The summed E-state index contributed by atoms with van der Waals surface area (Å²) in [5, 5.41) is 18.2. The molecule has 1 unspecified atom stereocenters. The van der Waals surface area contributed by atoms with Crippen molar-refractivity contribution < 1.29 is 67.0 Å². The topological polar surface area (TPSA) is 334 Å². The minimum absolute atomic E-state index is 0.00182. The number of nitrogens with one attached hydrogen (secondary N) is 3. The number of amides is 5. The van der Waals surface area contributed by atoms with E-state index in [1.54, 1.807) is 18.6 Å². The van der Waals surface area contributed by atoms with Crippen LogP contribution in [0.15, 0.2) is 25.2 Å². The fourth-order valence-electron chi connectivity index (χ4n) is 7.28. The number of hydrogen-bond acceptors (Lipinski definition) is 15. The standard InChI is InChI=1S/C42H71N8O14PS/c1-5-6-7-8-13-49-26-45-23-30(49)20-29(40(56)48-34(24-51)37(53)22-31(39(44)55)28(4)64-65(59,60)61)21-36(52)33(19-27(2)3)47-42(58)35-10-9-14-50(35)38(54)11-15-62-17-18-63-16-12-46-41(57)32(43)25-66/h5,23,26-29,31-35,51,66H,1,6-22,24-25,43H2,2-4H3,(H2,44,55)(H,46,57)(H,47,58)(H,48,56)(H2,59,60,61)/t28?,29-,31+,32+,33+,34+,35+/m1/s1. The third-order valence-corrected chi connectivity index (χ3v) is 11.9. The van der Waals surface area contributed by atoms with Crippen molar-refractivity contribution in [2.75, 3.05) is 51.9 Å².